The molecule has 1 unspecified atom stereocenters. The van der Waals surface area contributed by atoms with Crippen LogP contribution in [-0.2, 0) is 6.42 Å². The first-order valence-electron chi connectivity index (χ1n) is 6.56. The lowest BCUT2D eigenvalue weighted by Crippen LogP contribution is -2.21. The molecule has 2 N–H and O–H groups in total. The van der Waals surface area contributed by atoms with Crippen molar-refractivity contribution >= 4 is 35.0 Å². The summed E-state index contributed by atoms with van der Waals surface area (Å²) in [5.74, 6) is 0. The predicted molar refractivity (Wildman–Crippen MR) is 89.0 cm³/mol. The monoisotopic (exact) mass is 325 g/mol. The van der Waals surface area contributed by atoms with Gasteiger partial charge in [0.1, 0.15) is 0 Å². The summed E-state index contributed by atoms with van der Waals surface area (Å²) in [6, 6.07) is 14.0. The molecule has 0 saturated heterocycles. The Hall–Kier alpha value is -0.670. The van der Waals surface area contributed by atoms with Crippen molar-refractivity contribution in [2.75, 3.05) is 0 Å². The third-order valence-corrected chi connectivity index (χ3v) is 4.68. The first-order chi connectivity index (χ1) is 9.58. The van der Waals surface area contributed by atoms with E-state index in [0.717, 1.165) is 27.8 Å². The molecule has 0 amide bonds. The van der Waals surface area contributed by atoms with Gasteiger partial charge in [-0.05, 0) is 60.9 Å². The minimum Gasteiger partial charge on any atom is -0.327 e. The fourth-order valence-corrected chi connectivity index (χ4v) is 3.12. The van der Waals surface area contributed by atoms with Crippen molar-refractivity contribution in [2.45, 2.75) is 35.6 Å². The number of halogens is 2. The molecule has 20 heavy (non-hydrogen) atoms. The van der Waals surface area contributed by atoms with Gasteiger partial charge in [0.15, 0.2) is 0 Å². The minimum atomic E-state index is 0.165. The average Bonchev–Trinajstić information content (AvgIpc) is 2.44. The van der Waals surface area contributed by atoms with Crippen molar-refractivity contribution < 1.29 is 0 Å². The Bertz CT molecular complexity index is 569. The molecular weight excluding hydrogens is 309 g/mol. The summed E-state index contributed by atoms with van der Waals surface area (Å²) < 4.78 is 0. The molecule has 106 valence electrons. The maximum absolute atomic E-state index is 6.10. The molecule has 0 fully saturated rings. The van der Waals surface area contributed by atoms with Crippen molar-refractivity contribution in [3.63, 3.8) is 0 Å². The quantitative estimate of drug-likeness (QED) is 0.793. The lowest BCUT2D eigenvalue weighted by atomic mass is 10.0. The van der Waals surface area contributed by atoms with Gasteiger partial charge < -0.3 is 5.73 Å². The van der Waals surface area contributed by atoms with Crippen LogP contribution in [0.5, 0.6) is 0 Å². The van der Waals surface area contributed by atoms with E-state index < -0.39 is 0 Å². The molecule has 0 aliphatic carbocycles. The molecule has 2 rings (SSSR count). The third-order valence-electron chi connectivity index (χ3n) is 3.07. The lowest BCUT2D eigenvalue weighted by Gasteiger charge is -2.13. The van der Waals surface area contributed by atoms with Gasteiger partial charge >= 0.3 is 0 Å². The van der Waals surface area contributed by atoms with Crippen LogP contribution in [0.4, 0.5) is 0 Å². The molecule has 2 aromatic carbocycles. The zero-order chi connectivity index (χ0) is 14.5. The van der Waals surface area contributed by atoms with Crippen LogP contribution in [-0.4, -0.2) is 6.04 Å². The topological polar surface area (TPSA) is 26.0 Å². The second kappa shape index (κ2) is 7.37. The Morgan fingerprint density at radius 3 is 2.35 bits per heavy atom. The van der Waals surface area contributed by atoms with E-state index >= 15 is 0 Å². The smallest absolute Gasteiger partial charge is 0.0409 e. The molecule has 2 aromatic rings. The standard InChI is InChI=1S/C16H17Cl2NS/c1-2-14(19)10-11-9-13(18)5-8-16(11)20-15-6-3-12(17)4-7-15/h3-9,14H,2,10,19H2,1H3. The average molecular weight is 326 g/mol. The van der Waals surface area contributed by atoms with Gasteiger partial charge in [-0.1, -0.05) is 41.9 Å². The Morgan fingerprint density at radius 2 is 1.70 bits per heavy atom. The van der Waals surface area contributed by atoms with Crippen LogP contribution in [0, 0.1) is 0 Å². The van der Waals surface area contributed by atoms with Crippen LogP contribution in [0.3, 0.4) is 0 Å². The number of rotatable bonds is 5. The van der Waals surface area contributed by atoms with Crippen LogP contribution in [0.1, 0.15) is 18.9 Å². The van der Waals surface area contributed by atoms with Crippen LogP contribution < -0.4 is 5.73 Å². The highest BCUT2D eigenvalue weighted by Crippen LogP contribution is 2.33. The fourth-order valence-electron chi connectivity index (χ4n) is 1.86. The normalized spacial score (nSPS) is 12.4. The van der Waals surface area contributed by atoms with E-state index in [9.17, 15) is 0 Å². The molecule has 0 spiro atoms. The van der Waals surface area contributed by atoms with Crippen LogP contribution in [0.15, 0.2) is 52.3 Å². The number of benzene rings is 2. The van der Waals surface area contributed by atoms with E-state index in [4.69, 9.17) is 28.9 Å². The SMILES string of the molecule is CCC(N)Cc1cc(Cl)ccc1Sc1ccc(Cl)cc1. The zero-order valence-electron chi connectivity index (χ0n) is 11.3. The number of hydrogen-bond acceptors (Lipinski definition) is 2. The molecule has 0 bridgehead atoms. The summed E-state index contributed by atoms with van der Waals surface area (Å²) in [6.07, 6.45) is 1.80. The Morgan fingerprint density at radius 1 is 1.05 bits per heavy atom. The number of nitrogens with two attached hydrogens (primary N) is 1. The highest BCUT2D eigenvalue weighted by molar-refractivity contribution is 7.99. The largest absolute Gasteiger partial charge is 0.327 e. The van der Waals surface area contributed by atoms with Gasteiger partial charge in [0.05, 0.1) is 0 Å². The summed E-state index contributed by atoms with van der Waals surface area (Å²) in [5.41, 5.74) is 7.27. The molecule has 0 radical (unpaired) electrons. The second-order valence-electron chi connectivity index (χ2n) is 4.68. The van der Waals surface area contributed by atoms with Crippen LogP contribution >= 0.6 is 35.0 Å². The van der Waals surface area contributed by atoms with Crippen molar-refractivity contribution in [2.24, 2.45) is 5.73 Å². The van der Waals surface area contributed by atoms with Crippen molar-refractivity contribution in [3.05, 3.63) is 58.1 Å². The Kier molecular flexibility index (Phi) is 5.79. The molecule has 0 heterocycles. The summed E-state index contributed by atoms with van der Waals surface area (Å²) >= 11 is 13.7. The Labute approximate surface area is 134 Å². The van der Waals surface area contributed by atoms with Gasteiger partial charge in [-0.15, -0.1) is 0 Å². The second-order valence-corrected chi connectivity index (χ2v) is 6.67. The highest BCUT2D eigenvalue weighted by atomic mass is 35.5. The predicted octanol–water partition coefficient (Wildman–Crippen LogP) is 5.42. The summed E-state index contributed by atoms with van der Waals surface area (Å²) in [4.78, 5) is 2.35. The number of hydrogen-bond donors (Lipinski definition) is 1. The van der Waals surface area contributed by atoms with E-state index in [1.165, 1.54) is 10.5 Å². The molecule has 0 aliphatic rings. The summed E-state index contributed by atoms with van der Waals surface area (Å²) in [7, 11) is 0. The molecular formula is C16H17Cl2NS. The van der Waals surface area contributed by atoms with Gasteiger partial charge in [0.2, 0.25) is 0 Å². The van der Waals surface area contributed by atoms with E-state index in [0.29, 0.717) is 0 Å². The molecule has 1 nitrogen and oxygen atoms in total. The van der Waals surface area contributed by atoms with E-state index in [-0.39, 0.29) is 6.04 Å². The zero-order valence-corrected chi connectivity index (χ0v) is 13.6. The third kappa shape index (κ3) is 4.42. The maximum Gasteiger partial charge on any atom is 0.0409 e. The van der Waals surface area contributed by atoms with Gasteiger partial charge in [0, 0.05) is 25.9 Å². The first-order valence-corrected chi connectivity index (χ1v) is 8.13. The first kappa shape index (κ1) is 15.7. The maximum atomic E-state index is 6.10. The van der Waals surface area contributed by atoms with Crippen molar-refractivity contribution in [1.29, 1.82) is 0 Å². The Balaban J connectivity index is 2.23. The van der Waals surface area contributed by atoms with E-state index in [2.05, 4.69) is 13.0 Å². The van der Waals surface area contributed by atoms with E-state index in [1.807, 2.05) is 36.4 Å². The van der Waals surface area contributed by atoms with Gasteiger partial charge in [-0.3, -0.25) is 0 Å². The van der Waals surface area contributed by atoms with Gasteiger partial charge in [-0.25, -0.2) is 0 Å². The molecule has 1 atom stereocenters. The molecule has 0 aromatic heterocycles. The minimum absolute atomic E-state index is 0.165. The van der Waals surface area contributed by atoms with Crippen molar-refractivity contribution in [3.8, 4) is 0 Å². The summed E-state index contributed by atoms with van der Waals surface area (Å²) in [6.45, 7) is 2.10. The molecule has 4 heteroatoms. The molecule has 0 saturated carbocycles. The highest BCUT2D eigenvalue weighted by Gasteiger charge is 2.09. The van der Waals surface area contributed by atoms with Gasteiger partial charge in [0.25, 0.3) is 0 Å². The van der Waals surface area contributed by atoms with E-state index in [1.54, 1.807) is 11.8 Å². The van der Waals surface area contributed by atoms with Crippen LogP contribution in [0.25, 0.3) is 0 Å². The van der Waals surface area contributed by atoms with Gasteiger partial charge in [-0.2, -0.15) is 0 Å². The summed E-state index contributed by atoms with van der Waals surface area (Å²) in [5, 5.41) is 1.50. The van der Waals surface area contributed by atoms with Crippen LogP contribution in [0.2, 0.25) is 10.0 Å². The fraction of sp³-hybridized carbons (Fsp3) is 0.250. The van der Waals surface area contributed by atoms with Crippen molar-refractivity contribution in [1.82, 2.24) is 0 Å². The molecule has 0 aliphatic heterocycles. The lowest BCUT2D eigenvalue weighted by molar-refractivity contribution is 0.641.